The number of phenolic OH excluding ortho intramolecular Hbond substituents is 2. The van der Waals surface area contributed by atoms with Gasteiger partial charge in [-0.05, 0) is 30.7 Å². The van der Waals surface area contributed by atoms with E-state index in [9.17, 15) is 10.2 Å². The van der Waals surface area contributed by atoms with Crippen molar-refractivity contribution >= 4 is 46.4 Å². The highest BCUT2D eigenvalue weighted by Gasteiger charge is 2.28. The minimum atomic E-state index is -1.11. The van der Waals surface area contributed by atoms with Gasteiger partial charge < -0.3 is 10.2 Å². The second-order valence-electron chi connectivity index (χ2n) is 4.59. The number of nitrogens with two attached hydrogens (primary N) is 1. The maximum atomic E-state index is 10.2. The fraction of sp³-hybridized carbons (Fsp3) is 0.143. The van der Waals surface area contributed by atoms with Gasteiger partial charge in [0.25, 0.3) is 0 Å². The molecule has 8 heteroatoms. The Kier molecular flexibility index (Phi) is 5.33. The standard InChI is InChI=1S/C14H11Cl4NO3/c1-5-2-6(15)3-7(12(5)20)14(22-19)10-11(18)8(16)4-9(17)13(10)21/h2-4,14,20-21H,19H2,1H3. The van der Waals surface area contributed by atoms with Crippen molar-refractivity contribution in [2.75, 3.05) is 0 Å². The molecular weight excluding hydrogens is 372 g/mol. The van der Waals surface area contributed by atoms with Crippen molar-refractivity contribution in [2.45, 2.75) is 13.0 Å². The minimum Gasteiger partial charge on any atom is -0.507 e. The lowest BCUT2D eigenvalue weighted by Crippen LogP contribution is -2.12. The van der Waals surface area contributed by atoms with Crippen molar-refractivity contribution in [1.29, 1.82) is 0 Å². The zero-order valence-electron chi connectivity index (χ0n) is 11.2. The van der Waals surface area contributed by atoms with Crippen molar-refractivity contribution in [3.63, 3.8) is 0 Å². The molecule has 1 atom stereocenters. The Labute approximate surface area is 146 Å². The molecule has 0 bridgehead atoms. The van der Waals surface area contributed by atoms with Gasteiger partial charge in [0, 0.05) is 10.6 Å². The van der Waals surface area contributed by atoms with Gasteiger partial charge in [0.1, 0.15) is 17.6 Å². The fourth-order valence-electron chi connectivity index (χ4n) is 2.10. The first-order valence-electron chi connectivity index (χ1n) is 5.98. The smallest absolute Gasteiger partial charge is 0.142 e. The van der Waals surface area contributed by atoms with E-state index in [1.165, 1.54) is 12.1 Å². The molecule has 0 aliphatic heterocycles. The van der Waals surface area contributed by atoms with Gasteiger partial charge in [-0.1, -0.05) is 46.4 Å². The summed E-state index contributed by atoms with van der Waals surface area (Å²) in [6.45, 7) is 1.66. The lowest BCUT2D eigenvalue weighted by atomic mass is 9.97. The van der Waals surface area contributed by atoms with Crippen molar-refractivity contribution in [3.05, 3.63) is 55.0 Å². The highest BCUT2D eigenvalue weighted by Crippen LogP contribution is 2.46. The van der Waals surface area contributed by atoms with Gasteiger partial charge in [-0.3, -0.25) is 4.84 Å². The lowest BCUT2D eigenvalue weighted by Gasteiger charge is -2.21. The van der Waals surface area contributed by atoms with E-state index in [4.69, 9.17) is 57.1 Å². The molecule has 2 rings (SSSR count). The third kappa shape index (κ3) is 3.08. The van der Waals surface area contributed by atoms with Crippen LogP contribution in [0.15, 0.2) is 18.2 Å². The predicted octanol–water partition coefficient (Wildman–Crippen LogP) is 5.00. The summed E-state index contributed by atoms with van der Waals surface area (Å²) in [6.07, 6.45) is -1.11. The van der Waals surface area contributed by atoms with Crippen LogP contribution in [0.4, 0.5) is 0 Å². The summed E-state index contributed by atoms with van der Waals surface area (Å²) in [7, 11) is 0. The predicted molar refractivity (Wildman–Crippen MR) is 88.1 cm³/mol. The Bertz CT molecular complexity index is 711. The van der Waals surface area contributed by atoms with Crippen LogP contribution in [0.25, 0.3) is 0 Å². The van der Waals surface area contributed by atoms with Gasteiger partial charge in [0.2, 0.25) is 0 Å². The first kappa shape index (κ1) is 17.5. The van der Waals surface area contributed by atoms with E-state index in [2.05, 4.69) is 0 Å². The second kappa shape index (κ2) is 6.71. The largest absolute Gasteiger partial charge is 0.507 e. The summed E-state index contributed by atoms with van der Waals surface area (Å²) in [6, 6.07) is 4.31. The number of hydrogen-bond donors (Lipinski definition) is 3. The first-order valence-corrected chi connectivity index (χ1v) is 7.50. The molecule has 4 nitrogen and oxygen atoms in total. The Morgan fingerprint density at radius 1 is 1.00 bits per heavy atom. The number of hydrogen-bond acceptors (Lipinski definition) is 4. The normalized spacial score (nSPS) is 12.5. The van der Waals surface area contributed by atoms with E-state index in [1.807, 2.05) is 0 Å². The highest BCUT2D eigenvalue weighted by atomic mass is 35.5. The molecular formula is C14H11Cl4NO3. The van der Waals surface area contributed by atoms with Crippen molar-refractivity contribution < 1.29 is 15.1 Å². The number of halogens is 4. The molecule has 0 saturated heterocycles. The molecule has 1 unspecified atom stereocenters. The summed E-state index contributed by atoms with van der Waals surface area (Å²) < 4.78 is 0. The average molecular weight is 383 g/mol. The molecule has 0 saturated carbocycles. The lowest BCUT2D eigenvalue weighted by molar-refractivity contribution is 0.0778. The third-order valence-electron chi connectivity index (χ3n) is 3.16. The average Bonchev–Trinajstić information content (AvgIpc) is 2.45. The van der Waals surface area contributed by atoms with Crippen LogP contribution in [0, 0.1) is 6.92 Å². The third-order valence-corrected chi connectivity index (χ3v) is 4.46. The topological polar surface area (TPSA) is 75.7 Å². The van der Waals surface area contributed by atoms with Crippen LogP contribution in [-0.4, -0.2) is 10.2 Å². The van der Waals surface area contributed by atoms with Crippen molar-refractivity contribution in [1.82, 2.24) is 0 Å². The minimum absolute atomic E-state index is 0.0102. The number of benzene rings is 2. The molecule has 0 fully saturated rings. The highest BCUT2D eigenvalue weighted by molar-refractivity contribution is 6.44. The molecule has 118 valence electrons. The van der Waals surface area contributed by atoms with Gasteiger partial charge >= 0.3 is 0 Å². The second-order valence-corrected chi connectivity index (χ2v) is 6.22. The molecule has 0 aliphatic carbocycles. The summed E-state index contributed by atoms with van der Waals surface area (Å²) in [5.74, 6) is 4.90. The molecule has 0 aliphatic rings. The molecule has 4 N–H and O–H groups in total. The Hall–Kier alpha value is -0.880. The van der Waals surface area contributed by atoms with E-state index >= 15 is 0 Å². The molecule has 0 radical (unpaired) electrons. The van der Waals surface area contributed by atoms with Gasteiger partial charge in [-0.15, -0.1) is 0 Å². The van der Waals surface area contributed by atoms with Crippen LogP contribution in [-0.2, 0) is 4.84 Å². The van der Waals surface area contributed by atoms with Gasteiger partial charge in [-0.2, -0.15) is 0 Å². The van der Waals surface area contributed by atoms with Crippen LogP contribution in [0.1, 0.15) is 22.8 Å². The molecule has 22 heavy (non-hydrogen) atoms. The van der Waals surface area contributed by atoms with Gasteiger partial charge in [0.05, 0.1) is 20.6 Å². The zero-order valence-corrected chi connectivity index (χ0v) is 14.2. The fourth-order valence-corrected chi connectivity index (χ4v) is 3.10. The maximum Gasteiger partial charge on any atom is 0.142 e. The zero-order chi connectivity index (χ0) is 16.6. The van der Waals surface area contributed by atoms with Crippen LogP contribution in [0.3, 0.4) is 0 Å². The molecule has 2 aromatic rings. The number of phenols is 2. The monoisotopic (exact) mass is 381 g/mol. The van der Waals surface area contributed by atoms with Gasteiger partial charge in [0.15, 0.2) is 0 Å². The number of rotatable bonds is 3. The van der Waals surface area contributed by atoms with Crippen LogP contribution in [0.2, 0.25) is 20.1 Å². The van der Waals surface area contributed by atoms with Crippen LogP contribution < -0.4 is 5.90 Å². The summed E-state index contributed by atoms with van der Waals surface area (Å²) in [4.78, 5) is 4.90. The van der Waals surface area contributed by atoms with Crippen LogP contribution in [0.5, 0.6) is 11.5 Å². The van der Waals surface area contributed by atoms with E-state index in [-0.39, 0.29) is 37.7 Å². The van der Waals surface area contributed by atoms with E-state index in [0.29, 0.717) is 10.6 Å². The quantitative estimate of drug-likeness (QED) is 0.515. The molecule has 0 aromatic heterocycles. The molecule has 2 aromatic carbocycles. The Morgan fingerprint density at radius 3 is 2.23 bits per heavy atom. The molecule has 0 heterocycles. The van der Waals surface area contributed by atoms with E-state index in [0.717, 1.165) is 0 Å². The van der Waals surface area contributed by atoms with Crippen molar-refractivity contribution in [3.8, 4) is 11.5 Å². The Balaban J connectivity index is 2.74. The van der Waals surface area contributed by atoms with E-state index in [1.54, 1.807) is 13.0 Å². The summed E-state index contributed by atoms with van der Waals surface area (Å²) in [5, 5.41) is 20.8. The number of aryl methyl sites for hydroxylation is 1. The van der Waals surface area contributed by atoms with Crippen molar-refractivity contribution in [2.24, 2.45) is 5.90 Å². The van der Waals surface area contributed by atoms with E-state index < -0.39 is 6.10 Å². The van der Waals surface area contributed by atoms with Gasteiger partial charge in [-0.25, -0.2) is 5.90 Å². The number of aromatic hydroxyl groups is 2. The molecule has 0 spiro atoms. The maximum absolute atomic E-state index is 10.2. The SMILES string of the molecule is Cc1cc(Cl)cc(C(ON)c2c(O)c(Cl)cc(Cl)c2Cl)c1O. The first-order chi connectivity index (χ1) is 10.3. The summed E-state index contributed by atoms with van der Waals surface area (Å²) in [5.41, 5.74) is 0.773. The summed E-state index contributed by atoms with van der Waals surface area (Å²) >= 11 is 24.0. The molecule has 0 amide bonds. The van der Waals surface area contributed by atoms with Crippen LogP contribution >= 0.6 is 46.4 Å². The Morgan fingerprint density at radius 2 is 1.64 bits per heavy atom.